The smallest absolute Gasteiger partial charge is 0.0486 e. The first-order chi connectivity index (χ1) is 8.25. The van der Waals surface area contributed by atoms with Crippen LogP contribution in [0.2, 0.25) is 0 Å². The zero-order chi connectivity index (χ0) is 11.8. The highest BCUT2D eigenvalue weighted by atomic mass is 15.1. The molecule has 1 fully saturated rings. The van der Waals surface area contributed by atoms with Crippen LogP contribution in [0.15, 0.2) is 24.4 Å². The lowest BCUT2D eigenvalue weighted by molar-refractivity contribution is 0.329. The standard InChI is InChI=1S/C15H20N2/c1-11-4-3-5-14-12(10-16-15(11)14)8-9-17(2)13-6-7-13/h3-5,10,13,16H,6-9H2,1-2H3. The maximum atomic E-state index is 3.41. The Labute approximate surface area is 103 Å². The van der Waals surface area contributed by atoms with Gasteiger partial charge in [-0.15, -0.1) is 0 Å². The molecule has 0 atom stereocenters. The maximum Gasteiger partial charge on any atom is 0.0486 e. The van der Waals surface area contributed by atoms with Crippen LogP contribution in [0.4, 0.5) is 0 Å². The van der Waals surface area contributed by atoms with Gasteiger partial charge in [0.25, 0.3) is 0 Å². The molecule has 1 aromatic heterocycles. The molecule has 0 saturated heterocycles. The summed E-state index contributed by atoms with van der Waals surface area (Å²) in [5.74, 6) is 0. The number of aromatic nitrogens is 1. The molecule has 3 rings (SSSR count). The van der Waals surface area contributed by atoms with Crippen molar-refractivity contribution in [3.8, 4) is 0 Å². The minimum Gasteiger partial charge on any atom is -0.361 e. The summed E-state index contributed by atoms with van der Waals surface area (Å²) in [5.41, 5.74) is 4.09. The van der Waals surface area contributed by atoms with Crippen LogP contribution in [0.5, 0.6) is 0 Å². The summed E-state index contributed by atoms with van der Waals surface area (Å²) in [7, 11) is 2.25. The molecular weight excluding hydrogens is 208 g/mol. The van der Waals surface area contributed by atoms with Gasteiger partial charge in [0.2, 0.25) is 0 Å². The molecule has 1 aliphatic carbocycles. The van der Waals surface area contributed by atoms with Gasteiger partial charge in [0.1, 0.15) is 0 Å². The number of aryl methyl sites for hydroxylation is 1. The highest BCUT2D eigenvalue weighted by molar-refractivity contribution is 5.85. The van der Waals surface area contributed by atoms with Gasteiger partial charge in [-0.25, -0.2) is 0 Å². The third-order valence-corrected chi connectivity index (χ3v) is 3.91. The molecule has 1 heterocycles. The summed E-state index contributed by atoms with van der Waals surface area (Å²) in [5, 5.41) is 1.40. The van der Waals surface area contributed by atoms with Crippen molar-refractivity contribution in [1.29, 1.82) is 0 Å². The van der Waals surface area contributed by atoms with Crippen molar-refractivity contribution in [1.82, 2.24) is 9.88 Å². The molecule has 17 heavy (non-hydrogen) atoms. The van der Waals surface area contributed by atoms with Crippen molar-refractivity contribution < 1.29 is 0 Å². The predicted octanol–water partition coefficient (Wildman–Crippen LogP) is 3.11. The number of hydrogen-bond donors (Lipinski definition) is 1. The maximum absolute atomic E-state index is 3.41. The Hall–Kier alpha value is -1.28. The lowest BCUT2D eigenvalue weighted by atomic mass is 10.1. The van der Waals surface area contributed by atoms with Gasteiger partial charge in [-0.1, -0.05) is 18.2 Å². The van der Waals surface area contributed by atoms with Gasteiger partial charge in [-0.05, 0) is 44.4 Å². The molecule has 0 bridgehead atoms. The number of nitrogens with one attached hydrogen (secondary N) is 1. The molecular formula is C15H20N2. The largest absolute Gasteiger partial charge is 0.361 e. The van der Waals surface area contributed by atoms with E-state index in [0.29, 0.717) is 0 Å². The molecule has 90 valence electrons. The Kier molecular flexibility index (Phi) is 2.67. The molecule has 2 aromatic rings. The molecule has 1 aliphatic rings. The number of benzene rings is 1. The Balaban J connectivity index is 1.78. The Morgan fingerprint density at radius 2 is 2.18 bits per heavy atom. The van der Waals surface area contributed by atoms with Crippen molar-refractivity contribution in [2.45, 2.75) is 32.2 Å². The first-order valence-corrected chi connectivity index (χ1v) is 6.51. The topological polar surface area (TPSA) is 19.0 Å². The van der Waals surface area contributed by atoms with Gasteiger partial charge in [-0.2, -0.15) is 0 Å². The number of hydrogen-bond acceptors (Lipinski definition) is 1. The van der Waals surface area contributed by atoms with Gasteiger partial charge in [0, 0.05) is 29.7 Å². The Morgan fingerprint density at radius 3 is 2.94 bits per heavy atom. The first kappa shape index (κ1) is 10.8. The van der Waals surface area contributed by atoms with Crippen LogP contribution in [0.25, 0.3) is 10.9 Å². The van der Waals surface area contributed by atoms with E-state index in [1.807, 2.05) is 0 Å². The van der Waals surface area contributed by atoms with Crippen LogP contribution in [-0.4, -0.2) is 29.5 Å². The second kappa shape index (κ2) is 4.19. The van der Waals surface area contributed by atoms with Gasteiger partial charge >= 0.3 is 0 Å². The quantitative estimate of drug-likeness (QED) is 0.852. The lowest BCUT2D eigenvalue weighted by Gasteiger charge is -2.14. The second-order valence-corrected chi connectivity index (χ2v) is 5.27. The monoisotopic (exact) mass is 228 g/mol. The number of likely N-dealkylation sites (N-methyl/N-ethyl adjacent to an activating group) is 1. The van der Waals surface area contributed by atoms with Gasteiger partial charge in [0.15, 0.2) is 0 Å². The normalized spacial score (nSPS) is 15.9. The number of para-hydroxylation sites is 1. The molecule has 0 unspecified atom stereocenters. The van der Waals surface area contributed by atoms with Crippen LogP contribution < -0.4 is 0 Å². The summed E-state index contributed by atoms with van der Waals surface area (Å²) in [4.78, 5) is 5.90. The molecule has 1 N–H and O–H groups in total. The minimum atomic E-state index is 0.863. The number of nitrogens with zero attached hydrogens (tertiary/aromatic N) is 1. The van der Waals surface area contributed by atoms with E-state index in [1.165, 1.54) is 41.4 Å². The SMILES string of the molecule is Cc1cccc2c(CCN(C)C3CC3)c[nH]c12. The molecule has 0 amide bonds. The summed E-state index contributed by atoms with van der Waals surface area (Å²) < 4.78 is 0. The Morgan fingerprint density at radius 1 is 1.35 bits per heavy atom. The summed E-state index contributed by atoms with van der Waals surface area (Å²) in [6, 6.07) is 7.41. The van der Waals surface area contributed by atoms with Gasteiger partial charge in [-0.3, -0.25) is 0 Å². The van der Waals surface area contributed by atoms with Crippen molar-refractivity contribution in [2.75, 3.05) is 13.6 Å². The third kappa shape index (κ3) is 2.09. The molecule has 2 heteroatoms. The predicted molar refractivity (Wildman–Crippen MR) is 72.4 cm³/mol. The number of rotatable bonds is 4. The average Bonchev–Trinajstić information content (AvgIpc) is 3.08. The third-order valence-electron chi connectivity index (χ3n) is 3.91. The van der Waals surface area contributed by atoms with E-state index < -0.39 is 0 Å². The van der Waals surface area contributed by atoms with Gasteiger partial charge < -0.3 is 9.88 Å². The summed E-state index contributed by atoms with van der Waals surface area (Å²) in [6.07, 6.45) is 6.11. The van der Waals surface area contributed by atoms with Crippen LogP contribution in [0.1, 0.15) is 24.0 Å². The zero-order valence-electron chi connectivity index (χ0n) is 10.7. The number of H-pyrrole nitrogens is 1. The van der Waals surface area contributed by atoms with Crippen LogP contribution in [-0.2, 0) is 6.42 Å². The van der Waals surface area contributed by atoms with Crippen LogP contribution in [0, 0.1) is 6.92 Å². The molecule has 1 saturated carbocycles. The number of aromatic amines is 1. The average molecular weight is 228 g/mol. The molecule has 1 aromatic carbocycles. The molecule has 0 aliphatic heterocycles. The fourth-order valence-electron chi connectivity index (χ4n) is 2.57. The van der Waals surface area contributed by atoms with E-state index in [0.717, 1.165) is 12.5 Å². The highest BCUT2D eigenvalue weighted by Crippen LogP contribution is 2.26. The fraction of sp³-hybridized carbons (Fsp3) is 0.467. The van der Waals surface area contributed by atoms with Crippen LogP contribution >= 0.6 is 0 Å². The van der Waals surface area contributed by atoms with Crippen LogP contribution in [0.3, 0.4) is 0 Å². The summed E-state index contributed by atoms with van der Waals surface area (Å²) in [6.45, 7) is 3.34. The van der Waals surface area contributed by atoms with Crippen molar-refractivity contribution >= 4 is 10.9 Å². The van der Waals surface area contributed by atoms with Crippen molar-refractivity contribution in [2.24, 2.45) is 0 Å². The first-order valence-electron chi connectivity index (χ1n) is 6.51. The number of fused-ring (bicyclic) bond motifs is 1. The van der Waals surface area contributed by atoms with E-state index in [-0.39, 0.29) is 0 Å². The van der Waals surface area contributed by atoms with E-state index >= 15 is 0 Å². The molecule has 2 nitrogen and oxygen atoms in total. The van der Waals surface area contributed by atoms with Gasteiger partial charge in [0.05, 0.1) is 0 Å². The van der Waals surface area contributed by atoms with Crippen molar-refractivity contribution in [3.05, 3.63) is 35.5 Å². The zero-order valence-corrected chi connectivity index (χ0v) is 10.7. The highest BCUT2D eigenvalue weighted by Gasteiger charge is 2.25. The molecule has 0 radical (unpaired) electrons. The fourth-order valence-corrected chi connectivity index (χ4v) is 2.57. The van der Waals surface area contributed by atoms with E-state index in [1.54, 1.807) is 0 Å². The molecule has 0 spiro atoms. The summed E-state index contributed by atoms with van der Waals surface area (Å²) >= 11 is 0. The minimum absolute atomic E-state index is 0.863. The van der Waals surface area contributed by atoms with Crippen molar-refractivity contribution in [3.63, 3.8) is 0 Å². The van der Waals surface area contributed by atoms with E-state index in [2.05, 4.69) is 48.3 Å². The Bertz CT molecular complexity index is 523. The van der Waals surface area contributed by atoms with E-state index in [4.69, 9.17) is 0 Å². The second-order valence-electron chi connectivity index (χ2n) is 5.27. The lowest BCUT2D eigenvalue weighted by Crippen LogP contribution is -2.23. The van der Waals surface area contributed by atoms with E-state index in [9.17, 15) is 0 Å².